The highest BCUT2D eigenvalue weighted by Crippen LogP contribution is 2.11. The molecule has 5 heteroatoms. The van der Waals surface area contributed by atoms with Crippen molar-refractivity contribution in [1.82, 2.24) is 9.88 Å². The fourth-order valence-corrected chi connectivity index (χ4v) is 2.47. The molecule has 18 heavy (non-hydrogen) atoms. The molecular formula is C13H22N2O2S. The number of rotatable bonds is 9. The summed E-state index contributed by atoms with van der Waals surface area (Å²) >= 11 is 1.41. The van der Waals surface area contributed by atoms with Crippen LogP contribution in [0.5, 0.6) is 0 Å². The second-order valence-corrected chi connectivity index (χ2v) is 5.24. The van der Waals surface area contributed by atoms with Gasteiger partial charge in [-0.15, -0.1) is 11.3 Å². The molecule has 0 aromatic carbocycles. The average molecular weight is 270 g/mol. The van der Waals surface area contributed by atoms with Crippen LogP contribution in [-0.2, 0) is 0 Å². The smallest absolute Gasteiger partial charge is 0.192 e. The zero-order chi connectivity index (χ0) is 13.4. The van der Waals surface area contributed by atoms with Gasteiger partial charge in [0.05, 0.1) is 6.61 Å². The summed E-state index contributed by atoms with van der Waals surface area (Å²) in [6, 6.07) is 0. The number of aromatic nitrogens is 1. The zero-order valence-electron chi connectivity index (χ0n) is 11.2. The van der Waals surface area contributed by atoms with Crippen LogP contribution in [-0.4, -0.2) is 47.0 Å². The highest BCUT2D eigenvalue weighted by atomic mass is 32.1. The molecule has 0 bridgehead atoms. The fraction of sp³-hybridized carbons (Fsp3) is 0.692. The number of ketones is 1. The van der Waals surface area contributed by atoms with E-state index in [2.05, 4.69) is 16.8 Å². The van der Waals surface area contributed by atoms with Crippen molar-refractivity contribution in [3.63, 3.8) is 0 Å². The molecule has 4 nitrogen and oxygen atoms in total. The van der Waals surface area contributed by atoms with Crippen molar-refractivity contribution in [3.05, 3.63) is 16.1 Å². The van der Waals surface area contributed by atoms with Gasteiger partial charge in [-0.25, -0.2) is 4.98 Å². The Balaban J connectivity index is 2.38. The number of hydrogen-bond acceptors (Lipinski definition) is 5. The SMILES string of the molecule is CCCCN(CCO)CCC(=O)c1nc(C)cs1. The molecule has 0 saturated heterocycles. The zero-order valence-corrected chi connectivity index (χ0v) is 12.0. The van der Waals surface area contributed by atoms with Crippen molar-refractivity contribution in [2.24, 2.45) is 0 Å². The Kier molecular flexibility index (Phi) is 7.08. The van der Waals surface area contributed by atoms with Crippen LogP contribution in [0.4, 0.5) is 0 Å². The first-order chi connectivity index (χ1) is 8.67. The first-order valence-corrected chi connectivity index (χ1v) is 7.34. The lowest BCUT2D eigenvalue weighted by Gasteiger charge is -2.20. The predicted octanol–water partition coefficient (Wildman–Crippen LogP) is 2.12. The predicted molar refractivity (Wildman–Crippen MR) is 74.2 cm³/mol. The summed E-state index contributed by atoms with van der Waals surface area (Å²) in [4.78, 5) is 18.2. The Bertz CT molecular complexity index is 366. The van der Waals surface area contributed by atoms with Crippen LogP contribution in [0.1, 0.15) is 41.7 Å². The molecule has 1 aromatic rings. The third-order valence-electron chi connectivity index (χ3n) is 2.76. The number of aliphatic hydroxyl groups excluding tert-OH is 1. The number of Topliss-reactive ketones (excluding diaryl/α,β-unsaturated/α-hetero) is 1. The van der Waals surface area contributed by atoms with Crippen LogP contribution in [0.25, 0.3) is 0 Å². The summed E-state index contributed by atoms with van der Waals surface area (Å²) < 4.78 is 0. The van der Waals surface area contributed by atoms with Crippen LogP contribution in [0.3, 0.4) is 0 Å². The lowest BCUT2D eigenvalue weighted by molar-refractivity contribution is 0.0956. The molecule has 0 saturated carbocycles. The lowest BCUT2D eigenvalue weighted by atomic mass is 10.2. The molecule has 0 aliphatic rings. The monoisotopic (exact) mass is 270 g/mol. The maximum atomic E-state index is 11.9. The van der Waals surface area contributed by atoms with Crippen molar-refractivity contribution in [2.45, 2.75) is 33.1 Å². The summed E-state index contributed by atoms with van der Waals surface area (Å²) in [5, 5.41) is 11.5. The topological polar surface area (TPSA) is 53.4 Å². The van der Waals surface area contributed by atoms with Gasteiger partial charge in [0.25, 0.3) is 0 Å². The number of nitrogens with zero attached hydrogens (tertiary/aromatic N) is 2. The first kappa shape index (κ1) is 15.3. The second-order valence-electron chi connectivity index (χ2n) is 4.39. The average Bonchev–Trinajstić information content (AvgIpc) is 2.79. The molecule has 1 aromatic heterocycles. The number of carbonyl (C=O) groups excluding carboxylic acids is 1. The van der Waals surface area contributed by atoms with Crippen molar-refractivity contribution in [2.75, 3.05) is 26.2 Å². The normalized spacial score (nSPS) is 11.1. The highest BCUT2D eigenvalue weighted by Gasteiger charge is 2.12. The van der Waals surface area contributed by atoms with Crippen molar-refractivity contribution < 1.29 is 9.90 Å². The number of aliphatic hydroxyl groups is 1. The van der Waals surface area contributed by atoms with E-state index >= 15 is 0 Å². The van der Waals surface area contributed by atoms with Gasteiger partial charge in [0.2, 0.25) is 0 Å². The van der Waals surface area contributed by atoms with Gasteiger partial charge < -0.3 is 10.0 Å². The second kappa shape index (κ2) is 8.34. The Labute approximate surface area is 113 Å². The van der Waals surface area contributed by atoms with E-state index in [9.17, 15) is 4.79 Å². The minimum atomic E-state index is 0.104. The van der Waals surface area contributed by atoms with E-state index in [0.29, 0.717) is 24.5 Å². The van der Waals surface area contributed by atoms with Gasteiger partial charge in [-0.05, 0) is 19.9 Å². The van der Waals surface area contributed by atoms with E-state index in [1.807, 2.05) is 12.3 Å². The van der Waals surface area contributed by atoms with Gasteiger partial charge in [-0.1, -0.05) is 13.3 Å². The first-order valence-electron chi connectivity index (χ1n) is 6.46. The van der Waals surface area contributed by atoms with Crippen LogP contribution < -0.4 is 0 Å². The molecule has 0 atom stereocenters. The number of unbranched alkanes of at least 4 members (excludes halogenated alkanes) is 1. The summed E-state index contributed by atoms with van der Waals surface area (Å²) in [6.45, 7) is 6.48. The van der Waals surface area contributed by atoms with Crippen LogP contribution in [0.15, 0.2) is 5.38 Å². The maximum absolute atomic E-state index is 11.9. The largest absolute Gasteiger partial charge is 0.395 e. The van der Waals surface area contributed by atoms with E-state index in [0.717, 1.165) is 25.1 Å². The Morgan fingerprint density at radius 3 is 2.78 bits per heavy atom. The van der Waals surface area contributed by atoms with Gasteiger partial charge in [0.15, 0.2) is 10.8 Å². The summed E-state index contributed by atoms with van der Waals surface area (Å²) in [7, 11) is 0. The molecule has 102 valence electrons. The quantitative estimate of drug-likeness (QED) is 0.698. The highest BCUT2D eigenvalue weighted by molar-refractivity contribution is 7.11. The van der Waals surface area contributed by atoms with E-state index in [4.69, 9.17) is 5.11 Å². The molecular weight excluding hydrogens is 248 g/mol. The molecule has 0 radical (unpaired) electrons. The van der Waals surface area contributed by atoms with E-state index in [1.165, 1.54) is 11.3 Å². The Morgan fingerprint density at radius 2 is 2.22 bits per heavy atom. The third-order valence-corrected chi connectivity index (χ3v) is 3.76. The van der Waals surface area contributed by atoms with Crippen LogP contribution in [0.2, 0.25) is 0 Å². The third kappa shape index (κ3) is 5.25. The van der Waals surface area contributed by atoms with Gasteiger partial charge in [-0.2, -0.15) is 0 Å². The minimum Gasteiger partial charge on any atom is -0.395 e. The van der Waals surface area contributed by atoms with Gasteiger partial charge in [0, 0.05) is 30.6 Å². The summed E-state index contributed by atoms with van der Waals surface area (Å²) in [5.74, 6) is 0.104. The van der Waals surface area contributed by atoms with Crippen molar-refractivity contribution >= 4 is 17.1 Å². The molecule has 0 amide bonds. The van der Waals surface area contributed by atoms with E-state index in [-0.39, 0.29) is 12.4 Å². The summed E-state index contributed by atoms with van der Waals surface area (Å²) in [6.07, 6.45) is 2.71. The maximum Gasteiger partial charge on any atom is 0.192 e. The number of hydrogen-bond donors (Lipinski definition) is 1. The molecule has 1 rings (SSSR count). The molecule has 0 fully saturated rings. The molecule has 0 spiro atoms. The molecule has 1 N–H and O–H groups in total. The van der Waals surface area contributed by atoms with Gasteiger partial charge in [0.1, 0.15) is 0 Å². The standard InChI is InChI=1S/C13H22N2O2S/c1-3-4-6-15(8-9-16)7-5-12(17)13-14-11(2)10-18-13/h10,16H,3-9H2,1-2H3. The van der Waals surface area contributed by atoms with Crippen molar-refractivity contribution in [1.29, 1.82) is 0 Å². The van der Waals surface area contributed by atoms with Crippen molar-refractivity contribution in [3.8, 4) is 0 Å². The number of thiazole rings is 1. The van der Waals surface area contributed by atoms with E-state index in [1.54, 1.807) is 0 Å². The number of aryl methyl sites for hydroxylation is 1. The van der Waals surface area contributed by atoms with Crippen LogP contribution in [0, 0.1) is 6.92 Å². The molecule has 1 heterocycles. The lowest BCUT2D eigenvalue weighted by Crippen LogP contribution is -2.30. The fourth-order valence-electron chi connectivity index (χ4n) is 1.71. The molecule has 0 aliphatic heterocycles. The molecule has 0 unspecified atom stereocenters. The number of carbonyl (C=O) groups is 1. The van der Waals surface area contributed by atoms with Gasteiger partial charge >= 0.3 is 0 Å². The Hall–Kier alpha value is -0.780. The van der Waals surface area contributed by atoms with E-state index < -0.39 is 0 Å². The summed E-state index contributed by atoms with van der Waals surface area (Å²) in [5.41, 5.74) is 0.904. The van der Waals surface area contributed by atoms with Gasteiger partial charge in [-0.3, -0.25) is 4.79 Å². The van der Waals surface area contributed by atoms with Crippen LogP contribution >= 0.6 is 11.3 Å². The molecule has 0 aliphatic carbocycles. The Morgan fingerprint density at radius 1 is 1.44 bits per heavy atom. The minimum absolute atomic E-state index is 0.104.